The van der Waals surface area contributed by atoms with Crippen LogP contribution < -0.4 is 4.74 Å². The second kappa shape index (κ2) is 8.66. The van der Waals surface area contributed by atoms with Crippen LogP contribution in [0.2, 0.25) is 0 Å². The summed E-state index contributed by atoms with van der Waals surface area (Å²) in [5.41, 5.74) is 0.645. The predicted octanol–water partition coefficient (Wildman–Crippen LogP) is 2.56. The molecule has 0 amide bonds. The number of ether oxygens (including phenoxy) is 1. The van der Waals surface area contributed by atoms with E-state index < -0.39 is 0 Å². The molecule has 2 rings (SSSR count). The van der Waals surface area contributed by atoms with Gasteiger partial charge in [0.05, 0.1) is 18.2 Å². The van der Waals surface area contributed by atoms with Gasteiger partial charge in [-0.25, -0.2) is 0 Å². The molecule has 0 aromatic heterocycles. The molecule has 1 aromatic rings. The maximum absolute atomic E-state index is 9.23. The molecule has 1 saturated carbocycles. The molecule has 0 bridgehead atoms. The number of aliphatic hydroxyl groups excluding tert-OH is 1. The van der Waals surface area contributed by atoms with Gasteiger partial charge >= 0.3 is 0 Å². The van der Waals surface area contributed by atoms with Gasteiger partial charge in [-0.05, 0) is 37.1 Å². The number of rotatable bonds is 7. The summed E-state index contributed by atoms with van der Waals surface area (Å²) < 4.78 is 5.74. The van der Waals surface area contributed by atoms with Crippen molar-refractivity contribution in [3.05, 3.63) is 29.8 Å². The summed E-state index contributed by atoms with van der Waals surface area (Å²) in [5, 5.41) is 18.0. The smallest absolute Gasteiger partial charge is 0.119 e. The molecular weight excluding hydrogens is 264 g/mol. The molecule has 0 atom stereocenters. The lowest BCUT2D eigenvalue weighted by Crippen LogP contribution is -2.41. The Morgan fingerprint density at radius 1 is 1.14 bits per heavy atom. The Balaban J connectivity index is 1.79. The molecule has 1 aliphatic rings. The average molecular weight is 288 g/mol. The predicted molar refractivity (Wildman–Crippen MR) is 82.2 cm³/mol. The van der Waals surface area contributed by atoms with E-state index in [1.54, 1.807) is 12.1 Å². The number of nitrogens with zero attached hydrogens (tertiary/aromatic N) is 2. The van der Waals surface area contributed by atoms with E-state index in [0.29, 0.717) is 18.2 Å². The van der Waals surface area contributed by atoms with Crippen LogP contribution in [0.4, 0.5) is 0 Å². The molecule has 21 heavy (non-hydrogen) atoms. The Bertz CT molecular complexity index is 447. The molecule has 1 fully saturated rings. The Labute approximate surface area is 127 Å². The van der Waals surface area contributed by atoms with E-state index in [4.69, 9.17) is 10.00 Å². The van der Waals surface area contributed by atoms with Crippen molar-refractivity contribution in [2.24, 2.45) is 0 Å². The summed E-state index contributed by atoms with van der Waals surface area (Å²) in [7, 11) is 0. The van der Waals surface area contributed by atoms with Crippen molar-refractivity contribution in [3.63, 3.8) is 0 Å². The first-order valence-electron chi connectivity index (χ1n) is 7.81. The topological polar surface area (TPSA) is 56.5 Å². The number of benzene rings is 1. The van der Waals surface area contributed by atoms with Gasteiger partial charge < -0.3 is 9.84 Å². The van der Waals surface area contributed by atoms with Gasteiger partial charge in [0.1, 0.15) is 12.4 Å². The quantitative estimate of drug-likeness (QED) is 0.838. The minimum atomic E-state index is 0.202. The van der Waals surface area contributed by atoms with Gasteiger partial charge in [-0.3, -0.25) is 4.90 Å². The first-order chi connectivity index (χ1) is 10.3. The van der Waals surface area contributed by atoms with Crippen LogP contribution in [0, 0.1) is 11.3 Å². The highest BCUT2D eigenvalue weighted by atomic mass is 16.5. The molecule has 0 aliphatic heterocycles. The van der Waals surface area contributed by atoms with E-state index in [1.807, 2.05) is 12.1 Å². The molecule has 0 unspecified atom stereocenters. The number of nitriles is 1. The van der Waals surface area contributed by atoms with E-state index in [0.717, 1.165) is 18.8 Å². The SMILES string of the molecule is N#Cc1ccc(OCCN(CCO)C2CCCCC2)cc1. The van der Waals surface area contributed by atoms with Crippen LogP contribution in [0.3, 0.4) is 0 Å². The highest BCUT2D eigenvalue weighted by molar-refractivity contribution is 5.34. The van der Waals surface area contributed by atoms with Gasteiger partial charge in [-0.15, -0.1) is 0 Å². The number of hydrogen-bond acceptors (Lipinski definition) is 4. The largest absolute Gasteiger partial charge is 0.492 e. The van der Waals surface area contributed by atoms with Crippen molar-refractivity contribution in [2.45, 2.75) is 38.1 Å². The zero-order chi connectivity index (χ0) is 14.9. The van der Waals surface area contributed by atoms with Crippen LogP contribution in [-0.4, -0.2) is 42.4 Å². The van der Waals surface area contributed by atoms with Crippen LogP contribution in [-0.2, 0) is 0 Å². The van der Waals surface area contributed by atoms with E-state index in [-0.39, 0.29) is 6.61 Å². The molecule has 0 spiro atoms. The summed E-state index contributed by atoms with van der Waals surface area (Å²) in [4.78, 5) is 2.35. The fourth-order valence-corrected chi connectivity index (χ4v) is 2.96. The summed E-state index contributed by atoms with van der Waals surface area (Å²) >= 11 is 0. The van der Waals surface area contributed by atoms with Crippen LogP contribution in [0.25, 0.3) is 0 Å². The molecule has 4 nitrogen and oxygen atoms in total. The summed E-state index contributed by atoms with van der Waals surface area (Å²) in [5.74, 6) is 0.793. The first-order valence-corrected chi connectivity index (χ1v) is 7.81. The fraction of sp³-hybridized carbons (Fsp3) is 0.588. The molecule has 0 saturated heterocycles. The average Bonchev–Trinajstić information content (AvgIpc) is 2.55. The van der Waals surface area contributed by atoms with Crippen LogP contribution in [0.1, 0.15) is 37.7 Å². The highest BCUT2D eigenvalue weighted by Crippen LogP contribution is 2.22. The zero-order valence-electron chi connectivity index (χ0n) is 12.5. The molecular formula is C17H24N2O2. The van der Waals surface area contributed by atoms with Gasteiger partial charge in [0, 0.05) is 19.1 Å². The zero-order valence-corrected chi connectivity index (χ0v) is 12.5. The summed E-state index contributed by atoms with van der Waals surface area (Å²) in [6, 6.07) is 9.88. The standard InChI is InChI=1S/C17H24N2O2/c18-14-15-6-8-17(9-7-15)21-13-11-19(10-12-20)16-4-2-1-3-5-16/h6-9,16,20H,1-5,10-13H2. The van der Waals surface area contributed by atoms with E-state index in [9.17, 15) is 5.11 Å². The monoisotopic (exact) mass is 288 g/mol. The Morgan fingerprint density at radius 2 is 1.86 bits per heavy atom. The van der Waals surface area contributed by atoms with E-state index in [2.05, 4.69) is 11.0 Å². The third-order valence-electron chi connectivity index (χ3n) is 4.11. The fourth-order valence-electron chi connectivity index (χ4n) is 2.96. The lowest BCUT2D eigenvalue weighted by Gasteiger charge is -2.33. The van der Waals surface area contributed by atoms with Gasteiger partial charge in [-0.1, -0.05) is 19.3 Å². The normalized spacial score (nSPS) is 15.9. The molecule has 0 radical (unpaired) electrons. The minimum absolute atomic E-state index is 0.202. The molecule has 1 aliphatic carbocycles. The number of hydrogen-bond donors (Lipinski definition) is 1. The van der Waals surface area contributed by atoms with Crippen molar-refractivity contribution in [2.75, 3.05) is 26.3 Å². The maximum atomic E-state index is 9.23. The van der Waals surface area contributed by atoms with Crippen LogP contribution in [0.15, 0.2) is 24.3 Å². The van der Waals surface area contributed by atoms with Crippen molar-refractivity contribution < 1.29 is 9.84 Å². The Kier molecular flexibility index (Phi) is 6.52. The van der Waals surface area contributed by atoms with Gasteiger partial charge in [-0.2, -0.15) is 5.26 Å². The van der Waals surface area contributed by atoms with Crippen molar-refractivity contribution in [3.8, 4) is 11.8 Å². The minimum Gasteiger partial charge on any atom is -0.492 e. The lowest BCUT2D eigenvalue weighted by atomic mass is 9.94. The lowest BCUT2D eigenvalue weighted by molar-refractivity contribution is 0.106. The van der Waals surface area contributed by atoms with E-state index in [1.165, 1.54) is 32.1 Å². The molecule has 1 aromatic carbocycles. The summed E-state index contributed by atoms with van der Waals surface area (Å²) in [6.07, 6.45) is 6.39. The van der Waals surface area contributed by atoms with Crippen LogP contribution in [0.5, 0.6) is 5.75 Å². The molecule has 1 N–H and O–H groups in total. The van der Waals surface area contributed by atoms with E-state index >= 15 is 0 Å². The van der Waals surface area contributed by atoms with Gasteiger partial charge in [0.2, 0.25) is 0 Å². The third-order valence-corrected chi connectivity index (χ3v) is 4.11. The van der Waals surface area contributed by atoms with Crippen molar-refractivity contribution in [1.82, 2.24) is 4.90 Å². The second-order valence-corrected chi connectivity index (χ2v) is 5.54. The van der Waals surface area contributed by atoms with Crippen LogP contribution >= 0.6 is 0 Å². The first kappa shape index (κ1) is 15.8. The number of aliphatic hydroxyl groups is 1. The van der Waals surface area contributed by atoms with Gasteiger partial charge in [0.15, 0.2) is 0 Å². The Hall–Kier alpha value is -1.57. The van der Waals surface area contributed by atoms with Crippen molar-refractivity contribution >= 4 is 0 Å². The molecule has 0 heterocycles. The van der Waals surface area contributed by atoms with Gasteiger partial charge in [0.25, 0.3) is 0 Å². The Morgan fingerprint density at radius 3 is 2.48 bits per heavy atom. The molecule has 4 heteroatoms. The summed E-state index contributed by atoms with van der Waals surface area (Å²) in [6.45, 7) is 2.38. The van der Waals surface area contributed by atoms with Crippen molar-refractivity contribution in [1.29, 1.82) is 5.26 Å². The highest BCUT2D eigenvalue weighted by Gasteiger charge is 2.20. The second-order valence-electron chi connectivity index (χ2n) is 5.54. The third kappa shape index (κ3) is 5.04. The molecule has 114 valence electrons. The maximum Gasteiger partial charge on any atom is 0.119 e.